The molecular formula is C19H20BrN5O2. The van der Waals surface area contributed by atoms with E-state index >= 15 is 0 Å². The Morgan fingerprint density at radius 1 is 1.22 bits per heavy atom. The molecule has 5 heterocycles. The predicted molar refractivity (Wildman–Crippen MR) is 106 cm³/mol. The number of piperidine rings is 3. The van der Waals surface area contributed by atoms with Crippen LogP contribution < -0.4 is 5.32 Å². The summed E-state index contributed by atoms with van der Waals surface area (Å²) in [6.45, 7) is 2.43. The van der Waals surface area contributed by atoms with Gasteiger partial charge < -0.3 is 14.6 Å². The van der Waals surface area contributed by atoms with Crippen LogP contribution in [0, 0.1) is 11.1 Å². The highest BCUT2D eigenvalue weighted by Gasteiger charge is 2.56. The summed E-state index contributed by atoms with van der Waals surface area (Å²) in [6, 6.07) is 10.3. The molecule has 1 aromatic carbocycles. The first kappa shape index (κ1) is 17.1. The molecular weight excluding hydrogens is 410 g/mol. The molecule has 4 aliphatic rings. The van der Waals surface area contributed by atoms with Gasteiger partial charge >= 0.3 is 0 Å². The fraction of sp³-hybridized carbons (Fsp3) is 0.421. The molecule has 6 rings (SSSR count). The first-order valence-electron chi connectivity index (χ1n) is 9.21. The molecule has 1 spiro atoms. The molecule has 3 saturated heterocycles. The smallest absolute Gasteiger partial charge is 0.292 e. The molecule has 3 fully saturated rings. The number of fused-ring (bicyclic) bond motifs is 2. The Morgan fingerprint density at radius 3 is 2.74 bits per heavy atom. The Kier molecular flexibility index (Phi) is 3.96. The molecule has 2 aromatic rings. The van der Waals surface area contributed by atoms with Crippen molar-refractivity contribution < 1.29 is 9.38 Å². The number of aliphatic imine (C=N–C) groups is 1. The van der Waals surface area contributed by atoms with E-state index in [2.05, 4.69) is 36.2 Å². The fourth-order valence-corrected chi connectivity index (χ4v) is 4.90. The van der Waals surface area contributed by atoms with E-state index in [9.17, 15) is 5.21 Å². The Labute approximate surface area is 165 Å². The Hall–Kier alpha value is -2.03. The molecule has 8 heteroatoms. The van der Waals surface area contributed by atoms with Gasteiger partial charge in [-0.15, -0.1) is 0 Å². The number of rotatable bonds is 2. The third kappa shape index (κ3) is 3.01. The summed E-state index contributed by atoms with van der Waals surface area (Å²) in [4.78, 5) is 13.5. The van der Waals surface area contributed by atoms with E-state index in [-0.39, 0.29) is 4.65 Å². The Morgan fingerprint density at radius 2 is 2.00 bits per heavy atom. The van der Waals surface area contributed by atoms with Gasteiger partial charge in [-0.1, -0.05) is 30.3 Å². The number of nitrogens with zero attached hydrogens (tertiary/aromatic N) is 4. The zero-order valence-electron chi connectivity index (χ0n) is 14.8. The van der Waals surface area contributed by atoms with Crippen molar-refractivity contribution >= 4 is 27.9 Å². The van der Waals surface area contributed by atoms with E-state index in [4.69, 9.17) is 4.74 Å². The molecule has 1 atom stereocenters. The van der Waals surface area contributed by atoms with Crippen LogP contribution in [0.25, 0.3) is 11.3 Å². The van der Waals surface area contributed by atoms with Crippen LogP contribution in [0.2, 0.25) is 0 Å². The molecule has 2 bridgehead atoms. The zero-order chi connectivity index (χ0) is 18.5. The lowest BCUT2D eigenvalue weighted by molar-refractivity contribution is -0.905. The van der Waals surface area contributed by atoms with Gasteiger partial charge in [0.2, 0.25) is 5.95 Å². The van der Waals surface area contributed by atoms with E-state index in [0.29, 0.717) is 44.1 Å². The van der Waals surface area contributed by atoms with E-state index < -0.39 is 5.60 Å². The average Bonchev–Trinajstić information content (AvgIpc) is 3.06. The summed E-state index contributed by atoms with van der Waals surface area (Å²) in [6.07, 6.45) is 3.55. The largest absolute Gasteiger partial charge is 0.633 e. The number of hydrogen-bond acceptors (Lipinski definition) is 6. The number of hydroxylamine groups is 3. The maximum Gasteiger partial charge on any atom is 0.292 e. The Bertz CT molecular complexity index is 898. The van der Waals surface area contributed by atoms with Crippen LogP contribution in [0.15, 0.2) is 46.0 Å². The van der Waals surface area contributed by atoms with Gasteiger partial charge in [-0.25, -0.2) is 15.0 Å². The van der Waals surface area contributed by atoms with E-state index in [1.165, 1.54) is 0 Å². The molecule has 0 unspecified atom stereocenters. The summed E-state index contributed by atoms with van der Waals surface area (Å²) in [5, 5.41) is 15.8. The second-order valence-corrected chi connectivity index (χ2v) is 8.46. The van der Waals surface area contributed by atoms with Crippen molar-refractivity contribution in [2.75, 3.05) is 31.5 Å². The highest BCUT2D eigenvalue weighted by Crippen LogP contribution is 2.44. The summed E-state index contributed by atoms with van der Waals surface area (Å²) in [5.41, 5.74) is 1.34. The minimum atomic E-state index is -0.460. The maximum atomic E-state index is 12.8. The van der Waals surface area contributed by atoms with Gasteiger partial charge in [0.15, 0.2) is 5.60 Å². The second kappa shape index (κ2) is 6.25. The van der Waals surface area contributed by atoms with E-state index in [1.54, 1.807) is 6.20 Å². The monoisotopic (exact) mass is 429 g/mol. The van der Waals surface area contributed by atoms with Gasteiger partial charge in [-0.2, -0.15) is 0 Å². The van der Waals surface area contributed by atoms with Crippen molar-refractivity contribution in [3.63, 3.8) is 0 Å². The normalized spacial score (nSPS) is 31.6. The first-order chi connectivity index (χ1) is 13.1. The molecule has 7 nitrogen and oxygen atoms in total. The van der Waals surface area contributed by atoms with Gasteiger partial charge in [0, 0.05) is 30.5 Å². The molecule has 4 aliphatic heterocycles. The number of quaternary nitrogens is 1. The van der Waals surface area contributed by atoms with Crippen LogP contribution in [0.5, 0.6) is 0 Å². The number of ether oxygens (including phenoxy) is 1. The van der Waals surface area contributed by atoms with Gasteiger partial charge in [0.25, 0.3) is 6.02 Å². The average molecular weight is 430 g/mol. The first-order valence-corrected chi connectivity index (χ1v) is 10.0. The number of halogens is 1. The summed E-state index contributed by atoms with van der Waals surface area (Å²) >= 11 is 3.51. The number of amidine groups is 1. The van der Waals surface area contributed by atoms with Gasteiger partial charge in [0.05, 0.1) is 29.8 Å². The summed E-state index contributed by atoms with van der Waals surface area (Å²) in [5.74, 6) is 0.834. The Balaban J connectivity index is 1.35. The van der Waals surface area contributed by atoms with Gasteiger partial charge in [-0.05, 0) is 15.9 Å². The minimum Gasteiger partial charge on any atom is -0.633 e. The highest BCUT2D eigenvalue weighted by molar-refractivity contribution is 9.10. The van der Waals surface area contributed by atoms with Crippen LogP contribution in [0.4, 0.5) is 5.95 Å². The number of aromatic nitrogens is 2. The molecule has 1 aromatic heterocycles. The molecule has 27 heavy (non-hydrogen) atoms. The predicted octanol–water partition coefficient (Wildman–Crippen LogP) is 3.18. The molecule has 140 valence electrons. The lowest BCUT2D eigenvalue weighted by atomic mass is 9.75. The van der Waals surface area contributed by atoms with E-state index in [0.717, 1.165) is 28.6 Å². The lowest BCUT2D eigenvalue weighted by Crippen LogP contribution is -2.67. The molecule has 0 saturated carbocycles. The van der Waals surface area contributed by atoms with Crippen molar-refractivity contribution in [1.82, 2.24) is 9.97 Å². The number of hydrogen-bond donors (Lipinski definition) is 1. The maximum absolute atomic E-state index is 12.8. The molecule has 1 N–H and O–H groups in total. The van der Waals surface area contributed by atoms with Crippen molar-refractivity contribution in [1.29, 1.82) is 0 Å². The topological polar surface area (TPSA) is 82.5 Å². The van der Waals surface area contributed by atoms with Crippen LogP contribution in [-0.4, -0.2) is 52.4 Å². The van der Waals surface area contributed by atoms with Gasteiger partial charge in [-0.3, -0.25) is 5.32 Å². The molecule has 0 radical (unpaired) electrons. The second-order valence-electron chi connectivity index (χ2n) is 7.61. The quantitative estimate of drug-likeness (QED) is 0.585. The highest BCUT2D eigenvalue weighted by atomic mass is 79.9. The number of anilines is 1. The van der Waals surface area contributed by atoms with Crippen molar-refractivity contribution in [2.24, 2.45) is 10.9 Å². The van der Waals surface area contributed by atoms with Gasteiger partial charge in [0.1, 0.15) is 6.54 Å². The molecule has 0 amide bonds. The SMILES string of the molecule is [O-][N+]12CCC(CC1)[C@]1(CN=C(Nc3ncc(Br)c(-c4ccccc4)n3)O1)C2. The third-order valence-corrected chi connectivity index (χ3v) is 6.45. The lowest BCUT2D eigenvalue weighted by Gasteiger charge is -2.58. The van der Waals surface area contributed by atoms with Crippen LogP contribution in [-0.2, 0) is 4.74 Å². The standard InChI is InChI=1S/C19H20BrN5O2/c20-15-10-21-17(23-16(15)13-4-2-1-3-5-13)24-18-22-11-19(27-18)12-25(26)8-6-14(19)7-9-25/h1-5,10,14H,6-9,11-12H2,(H,21,22,23,24)/t14?,19-,25?/m0/s1. The third-order valence-electron chi connectivity index (χ3n) is 5.87. The van der Waals surface area contributed by atoms with Crippen molar-refractivity contribution in [3.8, 4) is 11.3 Å². The number of nitrogens with one attached hydrogen (secondary N) is 1. The summed E-state index contributed by atoms with van der Waals surface area (Å²) < 4.78 is 6.87. The van der Waals surface area contributed by atoms with Crippen LogP contribution >= 0.6 is 15.9 Å². The van der Waals surface area contributed by atoms with Crippen LogP contribution in [0.1, 0.15) is 12.8 Å². The van der Waals surface area contributed by atoms with Crippen molar-refractivity contribution in [2.45, 2.75) is 18.4 Å². The fourth-order valence-electron chi connectivity index (χ4n) is 4.48. The minimum absolute atomic E-state index is 0.147. The van der Waals surface area contributed by atoms with E-state index in [1.807, 2.05) is 30.3 Å². The summed E-state index contributed by atoms with van der Waals surface area (Å²) in [7, 11) is 0. The van der Waals surface area contributed by atoms with Crippen molar-refractivity contribution in [3.05, 3.63) is 46.2 Å². The number of benzene rings is 1. The van der Waals surface area contributed by atoms with Crippen LogP contribution in [0.3, 0.4) is 0 Å². The molecule has 0 aliphatic carbocycles. The zero-order valence-corrected chi connectivity index (χ0v) is 16.4.